The predicted octanol–water partition coefficient (Wildman–Crippen LogP) is -4.79. The monoisotopic (exact) mass is 669 g/mol. The Hall–Kier alpha value is -1.33. The summed E-state index contributed by atoms with van der Waals surface area (Å²) in [6.07, 6.45) is -0.275. The van der Waals surface area contributed by atoms with Crippen molar-refractivity contribution in [2.24, 2.45) is 5.73 Å². The number of rotatable bonds is 17. The number of phosphoric acid groups is 3. The van der Waals surface area contributed by atoms with Crippen molar-refractivity contribution in [3.63, 3.8) is 0 Å². The number of nitrogens with zero attached hydrogens (tertiary/aromatic N) is 4. The summed E-state index contributed by atoms with van der Waals surface area (Å²) in [5, 5.41) is 26.5. The van der Waals surface area contributed by atoms with E-state index in [4.69, 9.17) is 15.4 Å². The first kappa shape index (κ1) is 37.9. The average Bonchev–Trinajstić information content (AvgIpc) is 3.42. The molecule has 2 aromatic heterocycles. The van der Waals surface area contributed by atoms with E-state index in [1.807, 2.05) is 0 Å². The number of nitrogens with one attached hydrogen (secondary N) is 2. The predicted molar refractivity (Wildman–Crippen MR) is 138 cm³/mol. The largest absolute Gasteiger partial charge is 1.00 e. The zero-order valence-corrected chi connectivity index (χ0v) is 25.4. The van der Waals surface area contributed by atoms with Gasteiger partial charge in [-0.05, 0) is 19.4 Å². The van der Waals surface area contributed by atoms with E-state index in [-0.39, 0.29) is 48.3 Å². The Morgan fingerprint density at radius 1 is 1.05 bits per heavy atom. The van der Waals surface area contributed by atoms with Crippen molar-refractivity contribution >= 4 is 46.4 Å². The van der Waals surface area contributed by atoms with Crippen LogP contribution in [-0.2, 0) is 36.4 Å². The Morgan fingerprint density at radius 2 is 1.74 bits per heavy atom. The molecule has 1 aliphatic rings. The number of unbranched alkanes of at least 4 members (excludes halogenated alkanes) is 3. The van der Waals surface area contributed by atoms with Crippen LogP contribution in [0.25, 0.3) is 11.2 Å². The quantitative estimate of drug-likeness (QED) is 0.0445. The zero-order valence-electron chi connectivity index (χ0n) is 22.7. The summed E-state index contributed by atoms with van der Waals surface area (Å²) in [6, 6.07) is 0. The first-order valence-corrected chi connectivity index (χ1v) is 16.8. The van der Waals surface area contributed by atoms with Gasteiger partial charge in [-0.25, -0.2) is 28.4 Å². The summed E-state index contributed by atoms with van der Waals surface area (Å²) in [6.45, 7) is -0.00570. The third kappa shape index (κ3) is 11.5. The molecule has 1 fully saturated rings. The van der Waals surface area contributed by atoms with Crippen LogP contribution < -0.4 is 40.1 Å². The van der Waals surface area contributed by atoms with Gasteiger partial charge in [-0.1, -0.05) is 12.8 Å². The van der Waals surface area contributed by atoms with Crippen LogP contribution in [0.1, 0.15) is 31.9 Å². The standard InChI is InChI=1S/C18H32N7O14P3.Li/c19-5-3-1-2-4-6-20-12(26)7-21-16-13-17(23-9-22-16)25(10-24-13)18-15(28)14(27)11(37-18)8-36-41(32,33)39-42(34,35)38-40(29,30)31;/h9-11,14-15,18,27-28H,1-8,19H2,(H,20,26)(H,32,33)(H,34,35)(H,21,22,23)(H2,29,30,31);/q;+1/p-1. The van der Waals surface area contributed by atoms with E-state index in [0.29, 0.717) is 13.1 Å². The number of imidazole rings is 1. The smallest absolute Gasteiger partial charge is 0.756 e. The van der Waals surface area contributed by atoms with Gasteiger partial charge >= 0.3 is 34.5 Å². The summed E-state index contributed by atoms with van der Waals surface area (Å²) in [4.78, 5) is 62.4. The molecule has 1 amide bonds. The molecule has 0 aromatic carbocycles. The molecule has 238 valence electrons. The topological polar surface area (TPSA) is 323 Å². The van der Waals surface area contributed by atoms with Crippen LogP contribution in [-0.4, -0.2) is 94.9 Å². The van der Waals surface area contributed by atoms with Crippen molar-refractivity contribution in [1.82, 2.24) is 24.8 Å². The minimum Gasteiger partial charge on any atom is -0.756 e. The summed E-state index contributed by atoms with van der Waals surface area (Å²) in [5.41, 5.74) is 5.75. The molecule has 1 aliphatic heterocycles. The number of nitrogens with two attached hydrogens (primary N) is 1. The maximum absolute atomic E-state index is 12.2. The van der Waals surface area contributed by atoms with Crippen molar-refractivity contribution in [2.75, 3.05) is 31.6 Å². The van der Waals surface area contributed by atoms with E-state index in [2.05, 4.69) is 38.7 Å². The first-order valence-electron chi connectivity index (χ1n) is 12.3. The van der Waals surface area contributed by atoms with Crippen LogP contribution in [0, 0.1) is 0 Å². The van der Waals surface area contributed by atoms with Crippen LogP contribution in [0.3, 0.4) is 0 Å². The SMILES string of the molecule is NCCCCCCNC(=O)CNc1ncnc2c1ncn2C1OC(COP(=O)(O)OP(=O)(O)OP(=O)([O-])O)C(O)C1O.[Li+]. The van der Waals surface area contributed by atoms with Crippen molar-refractivity contribution in [2.45, 2.75) is 50.2 Å². The van der Waals surface area contributed by atoms with Crippen molar-refractivity contribution in [3.05, 3.63) is 12.7 Å². The number of aliphatic hydroxyl groups excluding tert-OH is 2. The first-order chi connectivity index (χ1) is 19.6. The van der Waals surface area contributed by atoms with Crippen LogP contribution in [0.2, 0.25) is 0 Å². The van der Waals surface area contributed by atoms with Gasteiger partial charge in [0, 0.05) is 6.54 Å². The molecule has 43 heavy (non-hydrogen) atoms. The Bertz CT molecular complexity index is 1370. The molecule has 21 nitrogen and oxygen atoms in total. The van der Waals surface area contributed by atoms with Crippen molar-refractivity contribution < 1.29 is 85.0 Å². The van der Waals surface area contributed by atoms with Gasteiger partial charge < -0.3 is 50.9 Å². The molecule has 0 bridgehead atoms. The van der Waals surface area contributed by atoms with Crippen molar-refractivity contribution in [3.8, 4) is 0 Å². The Morgan fingerprint density at radius 3 is 2.42 bits per heavy atom. The molecule has 7 unspecified atom stereocenters. The normalized spacial score (nSPS) is 24.4. The maximum Gasteiger partial charge on any atom is 1.00 e. The number of amides is 1. The number of aliphatic hydroxyl groups is 2. The second-order valence-electron chi connectivity index (χ2n) is 8.86. The number of ether oxygens (including phenoxy) is 1. The van der Waals surface area contributed by atoms with Gasteiger partial charge in [0.25, 0.3) is 7.82 Å². The molecular formula is C18H31LiN7O14P3. The second-order valence-corrected chi connectivity index (χ2v) is 13.2. The fourth-order valence-electron chi connectivity index (χ4n) is 3.81. The third-order valence-electron chi connectivity index (χ3n) is 5.65. The molecule has 1 saturated heterocycles. The Labute approximate surface area is 256 Å². The van der Waals surface area contributed by atoms with Crippen LogP contribution in [0.4, 0.5) is 5.82 Å². The average molecular weight is 669 g/mol. The molecule has 3 heterocycles. The molecule has 0 radical (unpaired) electrons. The molecule has 2 aromatic rings. The van der Waals surface area contributed by atoms with Gasteiger partial charge in [-0.2, -0.15) is 4.31 Å². The number of fused-ring (bicyclic) bond motifs is 1. The fraction of sp³-hybridized carbons (Fsp3) is 0.667. The second kappa shape index (κ2) is 16.3. The third-order valence-corrected chi connectivity index (χ3v) is 9.43. The number of aromatic nitrogens is 4. The zero-order chi connectivity index (χ0) is 31.1. The summed E-state index contributed by atoms with van der Waals surface area (Å²) >= 11 is 0. The van der Waals surface area contributed by atoms with Gasteiger partial charge in [0.15, 0.2) is 23.2 Å². The van der Waals surface area contributed by atoms with Gasteiger partial charge in [-0.15, -0.1) is 0 Å². The minimum absolute atomic E-state index is 0. The number of phosphoric ester groups is 1. The number of hydrogen-bond acceptors (Lipinski definition) is 16. The molecule has 25 heteroatoms. The Kier molecular flexibility index (Phi) is 14.3. The van der Waals surface area contributed by atoms with Crippen LogP contribution >= 0.6 is 23.5 Å². The summed E-state index contributed by atoms with van der Waals surface area (Å²) in [7, 11) is -17.2. The van der Waals surface area contributed by atoms with E-state index in [1.165, 1.54) is 10.9 Å². The van der Waals surface area contributed by atoms with Gasteiger partial charge in [0.1, 0.15) is 24.6 Å². The number of carbonyl (C=O) groups excluding carboxylic acids is 1. The molecule has 9 N–H and O–H groups in total. The number of anilines is 1. The van der Waals surface area contributed by atoms with Crippen LogP contribution in [0.5, 0.6) is 0 Å². The van der Waals surface area contributed by atoms with Gasteiger partial charge in [-0.3, -0.25) is 18.5 Å². The van der Waals surface area contributed by atoms with E-state index in [1.54, 1.807) is 0 Å². The molecule has 0 aliphatic carbocycles. The minimum atomic E-state index is -5.83. The Balaban J connectivity index is 0.00000645. The van der Waals surface area contributed by atoms with E-state index in [0.717, 1.165) is 32.0 Å². The molecule has 0 saturated carbocycles. The number of carbonyl (C=O) groups is 1. The van der Waals surface area contributed by atoms with E-state index in [9.17, 15) is 43.4 Å². The summed E-state index contributed by atoms with van der Waals surface area (Å²) in [5.74, 6) is -0.0995. The molecular weight excluding hydrogens is 638 g/mol. The molecule has 0 spiro atoms. The summed E-state index contributed by atoms with van der Waals surface area (Å²) < 4.78 is 52.3. The maximum atomic E-state index is 12.2. The molecule has 3 rings (SSSR count). The van der Waals surface area contributed by atoms with Crippen LogP contribution in [0.15, 0.2) is 12.7 Å². The fourth-order valence-corrected chi connectivity index (χ4v) is 6.81. The van der Waals surface area contributed by atoms with E-state index >= 15 is 0 Å². The molecule has 7 atom stereocenters. The van der Waals surface area contributed by atoms with Gasteiger partial charge in [0.05, 0.1) is 19.5 Å². The van der Waals surface area contributed by atoms with E-state index < -0.39 is 54.6 Å². The number of hydrogen-bond donors (Lipinski definition) is 8. The van der Waals surface area contributed by atoms with Gasteiger partial charge in [0.2, 0.25) is 5.91 Å². The van der Waals surface area contributed by atoms with Crippen molar-refractivity contribution in [1.29, 1.82) is 0 Å².